The SMILES string of the molecule is CC(=O)C(C(=N)NC(=O)c1ccccc1)C(C)=O. The number of nitrogens with one attached hydrogen (secondary N) is 2. The van der Waals surface area contributed by atoms with Gasteiger partial charge < -0.3 is 5.32 Å². The predicted molar refractivity (Wildman–Crippen MR) is 66.5 cm³/mol. The van der Waals surface area contributed by atoms with Gasteiger partial charge in [0.05, 0.1) is 0 Å². The maximum Gasteiger partial charge on any atom is 0.256 e. The lowest BCUT2D eigenvalue weighted by Crippen LogP contribution is -2.41. The first kappa shape index (κ1) is 13.8. The quantitative estimate of drug-likeness (QED) is 0.475. The van der Waals surface area contributed by atoms with Crippen LogP contribution in [0.5, 0.6) is 0 Å². The average molecular weight is 246 g/mol. The Labute approximate surface area is 105 Å². The Bertz CT molecular complexity index is 480. The molecule has 0 unspecified atom stereocenters. The Morgan fingerprint density at radius 3 is 2.00 bits per heavy atom. The molecule has 0 aliphatic carbocycles. The second-order valence-corrected chi connectivity index (χ2v) is 3.89. The highest BCUT2D eigenvalue weighted by atomic mass is 16.2. The molecule has 0 radical (unpaired) electrons. The van der Waals surface area contributed by atoms with Crippen molar-refractivity contribution < 1.29 is 14.4 Å². The number of Topliss-reactive ketones (excluding diaryl/α,β-unsaturated/α-hetero) is 2. The molecule has 0 heterocycles. The summed E-state index contributed by atoms with van der Waals surface area (Å²) in [6.07, 6.45) is 0. The van der Waals surface area contributed by atoms with Gasteiger partial charge in [0.25, 0.3) is 5.91 Å². The van der Waals surface area contributed by atoms with E-state index in [1.54, 1.807) is 30.3 Å². The minimum absolute atomic E-state index is 0.369. The molecular formula is C13H14N2O3. The maximum absolute atomic E-state index is 11.7. The van der Waals surface area contributed by atoms with Crippen molar-refractivity contribution in [3.05, 3.63) is 35.9 Å². The number of hydrogen-bond acceptors (Lipinski definition) is 4. The van der Waals surface area contributed by atoms with E-state index in [1.165, 1.54) is 13.8 Å². The molecule has 0 saturated heterocycles. The zero-order chi connectivity index (χ0) is 13.7. The third kappa shape index (κ3) is 3.35. The molecule has 0 fully saturated rings. The fraction of sp³-hybridized carbons (Fsp3) is 0.231. The molecule has 5 heteroatoms. The number of carbonyl (C=O) groups excluding carboxylic acids is 3. The van der Waals surface area contributed by atoms with E-state index in [9.17, 15) is 14.4 Å². The Morgan fingerprint density at radius 1 is 1.06 bits per heavy atom. The highest BCUT2D eigenvalue weighted by Crippen LogP contribution is 2.03. The van der Waals surface area contributed by atoms with E-state index in [-0.39, 0.29) is 5.84 Å². The van der Waals surface area contributed by atoms with Gasteiger partial charge >= 0.3 is 0 Å². The third-order valence-corrected chi connectivity index (χ3v) is 2.39. The summed E-state index contributed by atoms with van der Waals surface area (Å²) in [7, 11) is 0. The molecule has 5 nitrogen and oxygen atoms in total. The van der Waals surface area contributed by atoms with Crippen molar-refractivity contribution in [1.29, 1.82) is 5.41 Å². The zero-order valence-corrected chi connectivity index (χ0v) is 10.2. The molecule has 94 valence electrons. The number of ketones is 2. The van der Waals surface area contributed by atoms with E-state index < -0.39 is 23.4 Å². The predicted octanol–water partition coefficient (Wildman–Crippen LogP) is 1.19. The molecule has 1 aromatic carbocycles. The minimum Gasteiger partial charge on any atom is -0.310 e. The normalized spacial score (nSPS) is 9.94. The third-order valence-electron chi connectivity index (χ3n) is 2.39. The van der Waals surface area contributed by atoms with Crippen LogP contribution in [-0.2, 0) is 9.59 Å². The first-order chi connectivity index (χ1) is 8.43. The van der Waals surface area contributed by atoms with Gasteiger partial charge in [-0.05, 0) is 26.0 Å². The first-order valence-corrected chi connectivity index (χ1v) is 5.39. The summed E-state index contributed by atoms with van der Waals surface area (Å²) in [5.74, 6) is -3.00. The van der Waals surface area contributed by atoms with Gasteiger partial charge in [0.2, 0.25) is 0 Å². The van der Waals surface area contributed by atoms with E-state index in [1.807, 2.05) is 0 Å². The molecule has 2 N–H and O–H groups in total. The van der Waals surface area contributed by atoms with Crippen LogP contribution in [0.4, 0.5) is 0 Å². The summed E-state index contributed by atoms with van der Waals surface area (Å²) in [6.45, 7) is 2.44. The number of amides is 1. The summed E-state index contributed by atoms with van der Waals surface area (Å²) in [4.78, 5) is 34.2. The molecule has 18 heavy (non-hydrogen) atoms. The van der Waals surface area contributed by atoms with Gasteiger partial charge in [-0.1, -0.05) is 18.2 Å². The molecule has 0 saturated carbocycles. The van der Waals surface area contributed by atoms with Crippen LogP contribution in [0.3, 0.4) is 0 Å². The number of benzene rings is 1. The fourth-order valence-corrected chi connectivity index (χ4v) is 1.55. The summed E-state index contributed by atoms with van der Waals surface area (Å²) in [6, 6.07) is 8.30. The van der Waals surface area contributed by atoms with Gasteiger partial charge in [0.1, 0.15) is 23.3 Å². The Hall–Kier alpha value is -2.30. The second-order valence-electron chi connectivity index (χ2n) is 3.89. The molecule has 0 aliphatic rings. The molecular weight excluding hydrogens is 232 g/mol. The van der Waals surface area contributed by atoms with E-state index >= 15 is 0 Å². The van der Waals surface area contributed by atoms with Gasteiger partial charge in [-0.2, -0.15) is 0 Å². The minimum atomic E-state index is -1.20. The van der Waals surface area contributed by atoms with Crippen LogP contribution in [0.15, 0.2) is 30.3 Å². The Kier molecular flexibility index (Phi) is 4.48. The van der Waals surface area contributed by atoms with Crippen molar-refractivity contribution in [1.82, 2.24) is 5.32 Å². The molecule has 0 aromatic heterocycles. The average Bonchev–Trinajstić information content (AvgIpc) is 2.28. The van der Waals surface area contributed by atoms with Crippen LogP contribution in [0.2, 0.25) is 0 Å². The maximum atomic E-state index is 11.7. The molecule has 1 rings (SSSR count). The lowest BCUT2D eigenvalue weighted by Gasteiger charge is -2.13. The van der Waals surface area contributed by atoms with Crippen LogP contribution >= 0.6 is 0 Å². The number of carbonyl (C=O) groups is 3. The van der Waals surface area contributed by atoms with E-state index in [0.29, 0.717) is 5.56 Å². The summed E-state index contributed by atoms with van der Waals surface area (Å²) in [5.41, 5.74) is 0.369. The van der Waals surface area contributed by atoms with Crippen LogP contribution in [0, 0.1) is 11.3 Å². The molecule has 1 amide bonds. The van der Waals surface area contributed by atoms with Gasteiger partial charge in [-0.3, -0.25) is 19.8 Å². The van der Waals surface area contributed by atoms with E-state index in [4.69, 9.17) is 5.41 Å². The first-order valence-electron chi connectivity index (χ1n) is 5.39. The van der Waals surface area contributed by atoms with Crippen molar-refractivity contribution in [2.75, 3.05) is 0 Å². The highest BCUT2D eigenvalue weighted by Gasteiger charge is 2.26. The lowest BCUT2D eigenvalue weighted by molar-refractivity contribution is -0.127. The van der Waals surface area contributed by atoms with E-state index in [2.05, 4.69) is 5.32 Å². The van der Waals surface area contributed by atoms with Crippen molar-refractivity contribution in [2.45, 2.75) is 13.8 Å². The standard InChI is InChI=1S/C13H14N2O3/c1-8(16)11(9(2)17)12(14)15-13(18)10-6-4-3-5-7-10/h3-7,11H,1-2H3,(H2,14,15,18). The molecule has 1 aromatic rings. The zero-order valence-electron chi connectivity index (χ0n) is 10.2. The van der Waals surface area contributed by atoms with Gasteiger partial charge in [0, 0.05) is 5.56 Å². The van der Waals surface area contributed by atoms with E-state index in [0.717, 1.165) is 0 Å². The fourth-order valence-electron chi connectivity index (χ4n) is 1.55. The number of hydrogen-bond donors (Lipinski definition) is 2. The summed E-state index contributed by atoms with van der Waals surface area (Å²) in [5, 5.41) is 9.87. The van der Waals surface area contributed by atoms with Crippen LogP contribution in [-0.4, -0.2) is 23.3 Å². The van der Waals surface area contributed by atoms with Gasteiger partial charge in [-0.15, -0.1) is 0 Å². The Morgan fingerprint density at radius 2 is 1.56 bits per heavy atom. The Balaban J connectivity index is 2.79. The topological polar surface area (TPSA) is 87.1 Å². The molecule has 0 bridgehead atoms. The largest absolute Gasteiger partial charge is 0.310 e. The monoisotopic (exact) mass is 246 g/mol. The highest BCUT2D eigenvalue weighted by molar-refractivity contribution is 6.22. The van der Waals surface area contributed by atoms with Crippen molar-refractivity contribution >= 4 is 23.3 Å². The number of rotatable bonds is 4. The second kappa shape index (κ2) is 5.86. The summed E-state index contributed by atoms with van der Waals surface area (Å²) < 4.78 is 0. The molecule has 0 aliphatic heterocycles. The smallest absolute Gasteiger partial charge is 0.256 e. The van der Waals surface area contributed by atoms with Crippen LogP contribution in [0.25, 0.3) is 0 Å². The molecule has 0 atom stereocenters. The van der Waals surface area contributed by atoms with Crippen molar-refractivity contribution in [3.8, 4) is 0 Å². The van der Waals surface area contributed by atoms with Crippen LogP contribution < -0.4 is 5.32 Å². The number of amidine groups is 1. The lowest BCUT2D eigenvalue weighted by atomic mass is 9.99. The van der Waals surface area contributed by atoms with Crippen LogP contribution in [0.1, 0.15) is 24.2 Å². The molecule has 0 spiro atoms. The van der Waals surface area contributed by atoms with Gasteiger partial charge in [-0.25, -0.2) is 0 Å². The summed E-state index contributed by atoms with van der Waals surface area (Å²) >= 11 is 0. The van der Waals surface area contributed by atoms with Crippen molar-refractivity contribution in [3.63, 3.8) is 0 Å². The van der Waals surface area contributed by atoms with Crippen molar-refractivity contribution in [2.24, 2.45) is 5.92 Å². The van der Waals surface area contributed by atoms with Gasteiger partial charge in [0.15, 0.2) is 0 Å².